The second-order valence-electron chi connectivity index (χ2n) is 5.71. The van der Waals surface area contributed by atoms with Crippen LogP contribution < -0.4 is 5.73 Å². The number of hydrogen-bond acceptors (Lipinski definition) is 3. The summed E-state index contributed by atoms with van der Waals surface area (Å²) in [5.41, 5.74) is 6.21. The Kier molecular flexibility index (Phi) is 2.90. The third-order valence-electron chi connectivity index (χ3n) is 4.62. The molecule has 0 radical (unpaired) electrons. The Morgan fingerprint density at radius 3 is 2.89 bits per heavy atom. The third kappa shape index (κ3) is 1.85. The summed E-state index contributed by atoms with van der Waals surface area (Å²) in [5, 5.41) is 0. The van der Waals surface area contributed by atoms with Gasteiger partial charge < -0.3 is 15.1 Å². The number of nitrogens with two attached hydrogens (primary N) is 1. The third-order valence-corrected chi connectivity index (χ3v) is 4.62. The van der Waals surface area contributed by atoms with Crippen LogP contribution in [0.4, 0.5) is 0 Å². The summed E-state index contributed by atoms with van der Waals surface area (Å²) in [4.78, 5) is 14.2. The molecule has 2 bridgehead atoms. The molecule has 0 saturated heterocycles. The van der Waals surface area contributed by atoms with Crippen molar-refractivity contribution in [2.75, 3.05) is 7.05 Å². The Labute approximate surface area is 107 Å². The molecule has 18 heavy (non-hydrogen) atoms. The molecule has 4 heteroatoms. The van der Waals surface area contributed by atoms with E-state index in [0.29, 0.717) is 18.4 Å². The highest BCUT2D eigenvalue weighted by Gasteiger charge is 2.49. The fourth-order valence-corrected chi connectivity index (χ4v) is 3.67. The van der Waals surface area contributed by atoms with Crippen molar-refractivity contribution >= 4 is 5.91 Å². The van der Waals surface area contributed by atoms with Crippen molar-refractivity contribution in [3.05, 3.63) is 24.2 Å². The lowest BCUT2D eigenvalue weighted by molar-refractivity contribution is -0.137. The second kappa shape index (κ2) is 4.43. The predicted molar refractivity (Wildman–Crippen MR) is 67.5 cm³/mol. The Hall–Kier alpha value is -1.29. The predicted octanol–water partition coefficient (Wildman–Crippen LogP) is 1.61. The van der Waals surface area contributed by atoms with Gasteiger partial charge in [0, 0.05) is 13.1 Å². The summed E-state index contributed by atoms with van der Waals surface area (Å²) in [6.07, 6.45) is 5.16. The minimum atomic E-state index is 0.0312. The molecule has 1 aromatic rings. The van der Waals surface area contributed by atoms with Gasteiger partial charge in [0.1, 0.15) is 5.76 Å². The van der Waals surface area contributed by atoms with Gasteiger partial charge in [0.05, 0.1) is 18.7 Å². The number of fused-ring (bicyclic) bond motifs is 2. The van der Waals surface area contributed by atoms with Crippen LogP contribution in [-0.2, 0) is 11.3 Å². The molecule has 2 N–H and O–H groups in total. The lowest BCUT2D eigenvalue weighted by Gasteiger charge is -2.30. The van der Waals surface area contributed by atoms with Gasteiger partial charge >= 0.3 is 0 Å². The molecular formula is C14H20N2O2. The van der Waals surface area contributed by atoms with Crippen LogP contribution in [0.15, 0.2) is 22.8 Å². The number of hydrogen-bond donors (Lipinski definition) is 1. The molecule has 2 saturated carbocycles. The smallest absolute Gasteiger partial charge is 0.227 e. The quantitative estimate of drug-likeness (QED) is 0.884. The first-order valence-electron chi connectivity index (χ1n) is 6.69. The zero-order valence-corrected chi connectivity index (χ0v) is 10.7. The number of carbonyl (C=O) groups excluding carboxylic acids is 1. The minimum absolute atomic E-state index is 0.0312. The molecule has 4 atom stereocenters. The van der Waals surface area contributed by atoms with E-state index in [1.807, 2.05) is 19.2 Å². The first kappa shape index (κ1) is 11.8. The average molecular weight is 248 g/mol. The van der Waals surface area contributed by atoms with Crippen molar-refractivity contribution in [1.29, 1.82) is 0 Å². The Morgan fingerprint density at radius 2 is 2.28 bits per heavy atom. The number of amides is 1. The number of nitrogens with zero attached hydrogens (tertiary/aromatic N) is 1. The highest BCUT2D eigenvalue weighted by Crippen LogP contribution is 2.48. The van der Waals surface area contributed by atoms with Crippen LogP contribution in [0.2, 0.25) is 0 Å². The van der Waals surface area contributed by atoms with E-state index in [1.165, 1.54) is 12.8 Å². The molecule has 1 amide bonds. The van der Waals surface area contributed by atoms with E-state index >= 15 is 0 Å². The molecule has 2 fully saturated rings. The average Bonchev–Trinajstić information content (AvgIpc) is 3.04. The van der Waals surface area contributed by atoms with E-state index in [4.69, 9.17) is 10.2 Å². The summed E-state index contributed by atoms with van der Waals surface area (Å²) in [6, 6.07) is 3.80. The molecular weight excluding hydrogens is 228 g/mol. The van der Waals surface area contributed by atoms with Gasteiger partial charge in [-0.15, -0.1) is 0 Å². The van der Waals surface area contributed by atoms with Crippen molar-refractivity contribution < 1.29 is 9.21 Å². The molecule has 4 nitrogen and oxygen atoms in total. The maximum atomic E-state index is 12.5. The zero-order valence-electron chi connectivity index (χ0n) is 10.7. The summed E-state index contributed by atoms with van der Waals surface area (Å²) in [6.45, 7) is 0.534. The Morgan fingerprint density at radius 1 is 1.50 bits per heavy atom. The van der Waals surface area contributed by atoms with E-state index in [-0.39, 0.29) is 17.9 Å². The first-order chi connectivity index (χ1) is 8.66. The summed E-state index contributed by atoms with van der Waals surface area (Å²) < 4.78 is 5.28. The summed E-state index contributed by atoms with van der Waals surface area (Å²) >= 11 is 0. The van der Waals surface area contributed by atoms with Crippen LogP contribution in [0.25, 0.3) is 0 Å². The standard InChI is InChI=1S/C14H20N2O2/c1-16(8-11-3-2-6-18-11)14(17)12-9-4-5-10(7-9)13(12)15/h2-3,6,9-10,12-13H,4-5,7-8,15H2,1H3. The normalized spacial score (nSPS) is 33.9. The van der Waals surface area contributed by atoms with E-state index in [2.05, 4.69) is 0 Å². The van der Waals surface area contributed by atoms with Crippen molar-refractivity contribution in [2.45, 2.75) is 31.8 Å². The fourth-order valence-electron chi connectivity index (χ4n) is 3.67. The van der Waals surface area contributed by atoms with Gasteiger partial charge in [0.2, 0.25) is 5.91 Å². The highest BCUT2D eigenvalue weighted by atomic mass is 16.3. The van der Waals surface area contributed by atoms with Gasteiger partial charge in [-0.25, -0.2) is 0 Å². The van der Waals surface area contributed by atoms with Crippen LogP contribution in [0, 0.1) is 17.8 Å². The van der Waals surface area contributed by atoms with Crippen LogP contribution >= 0.6 is 0 Å². The fraction of sp³-hybridized carbons (Fsp3) is 0.643. The van der Waals surface area contributed by atoms with E-state index in [1.54, 1.807) is 11.2 Å². The molecule has 0 aromatic carbocycles. The maximum absolute atomic E-state index is 12.5. The first-order valence-corrected chi connectivity index (χ1v) is 6.69. The molecule has 3 rings (SSSR count). The molecule has 1 aromatic heterocycles. The van der Waals surface area contributed by atoms with E-state index < -0.39 is 0 Å². The topological polar surface area (TPSA) is 59.5 Å². The Bertz CT molecular complexity index is 427. The Balaban J connectivity index is 1.67. The molecule has 0 spiro atoms. The molecule has 98 valence electrons. The van der Waals surface area contributed by atoms with Gasteiger partial charge in [-0.3, -0.25) is 4.79 Å². The van der Waals surface area contributed by atoms with Crippen molar-refractivity contribution in [3.8, 4) is 0 Å². The largest absolute Gasteiger partial charge is 0.467 e. The lowest BCUT2D eigenvalue weighted by Crippen LogP contribution is -2.45. The zero-order chi connectivity index (χ0) is 12.7. The second-order valence-corrected chi connectivity index (χ2v) is 5.71. The lowest BCUT2D eigenvalue weighted by atomic mass is 9.84. The number of rotatable bonds is 3. The molecule has 2 aliphatic carbocycles. The van der Waals surface area contributed by atoms with Crippen LogP contribution in [0.3, 0.4) is 0 Å². The monoisotopic (exact) mass is 248 g/mol. The minimum Gasteiger partial charge on any atom is -0.467 e. The number of furan rings is 1. The van der Waals surface area contributed by atoms with Gasteiger partial charge in [-0.05, 0) is 43.2 Å². The highest BCUT2D eigenvalue weighted by molar-refractivity contribution is 5.80. The van der Waals surface area contributed by atoms with Gasteiger partial charge in [0.25, 0.3) is 0 Å². The van der Waals surface area contributed by atoms with Crippen molar-refractivity contribution in [3.63, 3.8) is 0 Å². The molecule has 4 unspecified atom stereocenters. The van der Waals surface area contributed by atoms with Crippen LogP contribution in [-0.4, -0.2) is 23.9 Å². The van der Waals surface area contributed by atoms with Crippen molar-refractivity contribution in [1.82, 2.24) is 4.90 Å². The SMILES string of the molecule is CN(Cc1ccco1)C(=O)C1C2CCC(C2)C1N. The van der Waals surface area contributed by atoms with E-state index in [9.17, 15) is 4.79 Å². The van der Waals surface area contributed by atoms with Gasteiger partial charge in [-0.2, -0.15) is 0 Å². The molecule has 2 aliphatic rings. The molecule has 0 aliphatic heterocycles. The van der Waals surface area contributed by atoms with Crippen LogP contribution in [0.5, 0.6) is 0 Å². The summed E-state index contributed by atoms with van der Waals surface area (Å²) in [7, 11) is 1.84. The maximum Gasteiger partial charge on any atom is 0.227 e. The summed E-state index contributed by atoms with van der Waals surface area (Å²) in [5.74, 6) is 2.12. The van der Waals surface area contributed by atoms with Gasteiger partial charge in [-0.1, -0.05) is 0 Å². The van der Waals surface area contributed by atoms with Gasteiger partial charge in [0.15, 0.2) is 0 Å². The molecule has 1 heterocycles. The number of carbonyl (C=O) groups is 1. The van der Waals surface area contributed by atoms with Crippen molar-refractivity contribution in [2.24, 2.45) is 23.5 Å². The van der Waals surface area contributed by atoms with Crippen LogP contribution in [0.1, 0.15) is 25.0 Å². The van der Waals surface area contributed by atoms with E-state index in [0.717, 1.165) is 12.2 Å².